The lowest BCUT2D eigenvalue weighted by molar-refractivity contribution is -0.119. The molecule has 0 aliphatic heterocycles. The van der Waals surface area contributed by atoms with Crippen molar-refractivity contribution in [2.45, 2.75) is 19.1 Å². The zero-order valence-electron chi connectivity index (χ0n) is 8.83. The largest absolute Gasteiger partial charge is 0.347 e. The molecule has 3 N–H and O–H groups in total. The maximum atomic E-state index is 11.2. The summed E-state index contributed by atoms with van der Waals surface area (Å²) in [5, 5.41) is 2.27. The van der Waals surface area contributed by atoms with E-state index in [1.165, 1.54) is 6.92 Å². The van der Waals surface area contributed by atoms with Crippen molar-refractivity contribution in [1.82, 2.24) is 5.32 Å². The van der Waals surface area contributed by atoms with E-state index in [-0.39, 0.29) is 6.42 Å². The third-order valence-electron chi connectivity index (χ3n) is 2.05. The zero-order valence-corrected chi connectivity index (χ0v) is 9.72. The fourth-order valence-corrected chi connectivity index (χ4v) is 2.12. The van der Waals surface area contributed by atoms with Crippen molar-refractivity contribution in [2.24, 2.45) is 0 Å². The highest BCUT2D eigenvalue weighted by molar-refractivity contribution is 7.52. The summed E-state index contributed by atoms with van der Waals surface area (Å²) in [4.78, 5) is 29.0. The Hall–Kier alpha value is -1.16. The van der Waals surface area contributed by atoms with Crippen LogP contribution in [0, 0.1) is 0 Å². The van der Waals surface area contributed by atoms with Gasteiger partial charge in [-0.1, -0.05) is 30.3 Å². The lowest BCUT2D eigenvalue weighted by atomic mass is 10.1. The first-order valence-electron chi connectivity index (χ1n) is 4.76. The summed E-state index contributed by atoms with van der Waals surface area (Å²) in [6, 6.07) is 8.88. The first kappa shape index (κ1) is 12.9. The fourth-order valence-electron chi connectivity index (χ4n) is 1.33. The van der Waals surface area contributed by atoms with Crippen LogP contribution in [0.2, 0.25) is 0 Å². The van der Waals surface area contributed by atoms with Crippen LogP contribution in [-0.4, -0.2) is 21.5 Å². The van der Waals surface area contributed by atoms with Gasteiger partial charge in [-0.2, -0.15) is 0 Å². The molecule has 6 heteroatoms. The van der Waals surface area contributed by atoms with Crippen LogP contribution in [-0.2, 0) is 15.8 Å². The predicted octanol–water partition coefficient (Wildman–Crippen LogP) is 0.869. The van der Waals surface area contributed by atoms with Crippen molar-refractivity contribution in [3.05, 3.63) is 35.9 Å². The van der Waals surface area contributed by atoms with E-state index < -0.39 is 19.3 Å². The van der Waals surface area contributed by atoms with Gasteiger partial charge < -0.3 is 15.1 Å². The Labute approximate surface area is 93.7 Å². The van der Waals surface area contributed by atoms with Crippen molar-refractivity contribution in [3.63, 3.8) is 0 Å². The van der Waals surface area contributed by atoms with Gasteiger partial charge in [0, 0.05) is 13.3 Å². The Morgan fingerprint density at radius 3 is 2.38 bits per heavy atom. The number of hydrogen-bond donors (Lipinski definition) is 3. The van der Waals surface area contributed by atoms with Crippen molar-refractivity contribution in [1.29, 1.82) is 0 Å². The number of hydrogen-bond acceptors (Lipinski definition) is 2. The molecule has 0 spiro atoms. The highest BCUT2D eigenvalue weighted by atomic mass is 31.2. The van der Waals surface area contributed by atoms with E-state index in [9.17, 15) is 9.36 Å². The summed E-state index contributed by atoms with van der Waals surface area (Å²) in [5.74, 6) is -1.61. The third kappa shape index (κ3) is 4.14. The molecule has 0 saturated heterocycles. The van der Waals surface area contributed by atoms with Crippen LogP contribution in [0.4, 0.5) is 0 Å². The SMILES string of the molecule is CC(=O)N[C@H](Cc1ccccc1)P(=O)(O)O. The van der Waals surface area contributed by atoms with E-state index in [2.05, 4.69) is 5.32 Å². The molecule has 0 unspecified atom stereocenters. The molecular weight excluding hydrogens is 229 g/mol. The Morgan fingerprint density at radius 2 is 1.94 bits per heavy atom. The van der Waals surface area contributed by atoms with Gasteiger partial charge in [-0.25, -0.2) is 0 Å². The molecule has 0 aliphatic carbocycles. The summed E-state index contributed by atoms with van der Waals surface area (Å²) in [5.41, 5.74) is 0.768. The highest BCUT2D eigenvalue weighted by Crippen LogP contribution is 2.41. The second kappa shape index (κ2) is 5.25. The van der Waals surface area contributed by atoms with Crippen LogP contribution in [0.3, 0.4) is 0 Å². The minimum atomic E-state index is -4.33. The van der Waals surface area contributed by atoms with Gasteiger partial charge in [0.15, 0.2) is 0 Å². The van der Waals surface area contributed by atoms with Gasteiger partial charge in [0.2, 0.25) is 5.91 Å². The summed E-state index contributed by atoms with van der Waals surface area (Å²) in [6.45, 7) is 1.23. The number of carbonyl (C=O) groups is 1. The van der Waals surface area contributed by atoms with Gasteiger partial charge in [-0.05, 0) is 5.56 Å². The first-order chi connectivity index (χ1) is 7.39. The molecule has 0 saturated carbocycles. The summed E-state index contributed by atoms with van der Waals surface area (Å²) in [7, 11) is -4.33. The smallest absolute Gasteiger partial charge is 0.342 e. The van der Waals surface area contributed by atoms with E-state index in [0.717, 1.165) is 5.56 Å². The lowest BCUT2D eigenvalue weighted by Gasteiger charge is -2.19. The van der Waals surface area contributed by atoms with E-state index in [1.54, 1.807) is 24.3 Å². The molecule has 16 heavy (non-hydrogen) atoms. The lowest BCUT2D eigenvalue weighted by Crippen LogP contribution is -2.34. The minimum absolute atomic E-state index is 0.116. The van der Waals surface area contributed by atoms with Gasteiger partial charge in [0.25, 0.3) is 0 Å². The maximum Gasteiger partial charge on any atom is 0.347 e. The predicted molar refractivity (Wildman–Crippen MR) is 59.8 cm³/mol. The number of benzene rings is 1. The Morgan fingerprint density at radius 1 is 1.38 bits per heavy atom. The molecule has 1 atom stereocenters. The highest BCUT2D eigenvalue weighted by Gasteiger charge is 2.29. The molecule has 0 fully saturated rings. The molecule has 0 heterocycles. The molecule has 0 aromatic heterocycles. The standard InChI is InChI=1S/C10H14NO4P/c1-8(12)11-10(16(13,14)15)7-9-5-3-2-4-6-9/h2-6,10H,7H2,1H3,(H,11,12)(H2,13,14,15)/t10-/m0/s1. The van der Waals surface area contributed by atoms with Crippen LogP contribution >= 0.6 is 7.60 Å². The molecule has 1 amide bonds. The maximum absolute atomic E-state index is 11.2. The molecule has 1 aromatic carbocycles. The second-order valence-corrected chi connectivity index (χ2v) is 5.30. The zero-order chi connectivity index (χ0) is 12.2. The Kier molecular flexibility index (Phi) is 4.24. The van der Waals surface area contributed by atoms with Crippen LogP contribution in [0.5, 0.6) is 0 Å². The van der Waals surface area contributed by atoms with Gasteiger partial charge in [0.1, 0.15) is 5.78 Å². The van der Waals surface area contributed by atoms with E-state index in [4.69, 9.17) is 9.79 Å². The van der Waals surface area contributed by atoms with E-state index in [1.807, 2.05) is 6.07 Å². The minimum Gasteiger partial charge on any atom is -0.342 e. The van der Waals surface area contributed by atoms with E-state index >= 15 is 0 Å². The van der Waals surface area contributed by atoms with E-state index in [0.29, 0.717) is 0 Å². The van der Waals surface area contributed by atoms with Crippen molar-refractivity contribution in [3.8, 4) is 0 Å². The summed E-state index contributed by atoms with van der Waals surface area (Å²) >= 11 is 0. The van der Waals surface area contributed by atoms with Crippen molar-refractivity contribution in [2.75, 3.05) is 0 Å². The molecular formula is C10H14NO4P. The van der Waals surface area contributed by atoms with Crippen LogP contribution in [0.25, 0.3) is 0 Å². The quantitative estimate of drug-likeness (QED) is 0.685. The Balaban J connectivity index is 2.80. The van der Waals surface area contributed by atoms with Gasteiger partial charge in [0.05, 0.1) is 0 Å². The average Bonchev–Trinajstić information content (AvgIpc) is 2.16. The molecule has 0 bridgehead atoms. The number of nitrogens with one attached hydrogen (secondary N) is 1. The monoisotopic (exact) mass is 243 g/mol. The molecule has 88 valence electrons. The number of rotatable bonds is 4. The third-order valence-corrected chi connectivity index (χ3v) is 3.17. The number of amides is 1. The summed E-state index contributed by atoms with van der Waals surface area (Å²) in [6.07, 6.45) is 0.116. The van der Waals surface area contributed by atoms with Crippen LogP contribution in [0.15, 0.2) is 30.3 Å². The molecule has 1 aromatic rings. The first-order valence-corrected chi connectivity index (χ1v) is 6.44. The molecule has 0 radical (unpaired) electrons. The van der Waals surface area contributed by atoms with Crippen LogP contribution < -0.4 is 5.32 Å². The van der Waals surface area contributed by atoms with Crippen LogP contribution in [0.1, 0.15) is 12.5 Å². The number of carbonyl (C=O) groups excluding carboxylic acids is 1. The molecule has 5 nitrogen and oxygen atoms in total. The topological polar surface area (TPSA) is 86.6 Å². The molecule has 1 rings (SSSR count). The van der Waals surface area contributed by atoms with Crippen molar-refractivity contribution < 1.29 is 19.1 Å². The van der Waals surface area contributed by atoms with Gasteiger partial charge >= 0.3 is 7.60 Å². The average molecular weight is 243 g/mol. The Bertz CT molecular complexity index is 401. The summed E-state index contributed by atoms with van der Waals surface area (Å²) < 4.78 is 11.2. The fraction of sp³-hybridized carbons (Fsp3) is 0.300. The molecule has 0 aliphatic rings. The van der Waals surface area contributed by atoms with Gasteiger partial charge in [-0.3, -0.25) is 9.36 Å². The second-order valence-electron chi connectivity index (χ2n) is 3.50. The van der Waals surface area contributed by atoms with Gasteiger partial charge in [-0.15, -0.1) is 0 Å². The van der Waals surface area contributed by atoms with Crippen molar-refractivity contribution >= 4 is 13.5 Å². The normalized spacial score (nSPS) is 13.2.